The number of alkyl carbamates (subject to hydrolysis) is 2. The first-order valence-electron chi connectivity index (χ1n) is 20.4. The predicted molar refractivity (Wildman–Crippen MR) is 225 cm³/mol. The molecule has 0 fully saturated rings. The lowest BCUT2D eigenvalue weighted by Crippen LogP contribution is -2.46. The van der Waals surface area contributed by atoms with Crippen LogP contribution in [0.25, 0.3) is 22.3 Å². The molecule has 3 amide bonds. The Balaban J connectivity index is 0.000000198. The quantitative estimate of drug-likeness (QED) is 0.0997. The largest absolute Gasteiger partial charge is 0.449 e. The predicted octanol–water partition coefficient (Wildman–Crippen LogP) is 8.83. The maximum Gasteiger partial charge on any atom is 0.407 e. The molecule has 4 aromatic carbocycles. The van der Waals surface area contributed by atoms with Gasteiger partial charge in [0, 0.05) is 23.7 Å². The minimum atomic E-state index is -0.801. The average molecular weight is 800 g/mol. The number of carbonyl (C=O) groups excluding carboxylic acids is 4. The summed E-state index contributed by atoms with van der Waals surface area (Å²) in [5.74, 6) is 0.606. The van der Waals surface area contributed by atoms with Gasteiger partial charge in [-0.15, -0.1) is 10.2 Å². The maximum absolute atomic E-state index is 12.4. The van der Waals surface area contributed by atoms with Gasteiger partial charge in [-0.2, -0.15) is 0 Å². The SMILES string of the molecule is CC[C@H](C)C(=O)CNC(=O)[C@H](C)NC(=O)OCC1c2ccccc2-c2ccccc21.CC[C@H](C)c1nnc([C@H](C)NC(=O)OCC2c3ccccc3-c3ccccc32)o1. The summed E-state index contributed by atoms with van der Waals surface area (Å²) >= 11 is 0. The molecule has 0 saturated heterocycles. The van der Waals surface area contributed by atoms with Crippen molar-refractivity contribution in [3.05, 3.63) is 131 Å². The molecular formula is C47H53N5O7. The number of rotatable bonds is 14. The van der Waals surface area contributed by atoms with Gasteiger partial charge in [-0.3, -0.25) is 9.59 Å². The topological polar surface area (TPSA) is 162 Å². The molecule has 4 atom stereocenters. The summed E-state index contributed by atoms with van der Waals surface area (Å²) in [6.45, 7) is 11.6. The fourth-order valence-corrected chi connectivity index (χ4v) is 7.29. The Morgan fingerprint density at radius 1 is 0.610 bits per heavy atom. The zero-order valence-corrected chi connectivity index (χ0v) is 34.5. The highest BCUT2D eigenvalue weighted by molar-refractivity contribution is 5.90. The van der Waals surface area contributed by atoms with Crippen molar-refractivity contribution < 1.29 is 33.1 Å². The normalized spacial score (nSPS) is 14.5. The third-order valence-electron chi connectivity index (χ3n) is 11.2. The number of aromatic nitrogens is 2. The van der Waals surface area contributed by atoms with Crippen molar-refractivity contribution >= 4 is 23.9 Å². The third kappa shape index (κ3) is 9.88. The molecule has 3 N–H and O–H groups in total. The van der Waals surface area contributed by atoms with E-state index in [4.69, 9.17) is 13.9 Å². The Morgan fingerprint density at radius 3 is 1.47 bits per heavy atom. The van der Waals surface area contributed by atoms with Crippen molar-refractivity contribution in [1.29, 1.82) is 0 Å². The fraction of sp³-hybridized carbons (Fsp3) is 0.362. The van der Waals surface area contributed by atoms with Crippen LogP contribution in [0, 0.1) is 5.92 Å². The van der Waals surface area contributed by atoms with Crippen molar-refractivity contribution in [1.82, 2.24) is 26.1 Å². The number of nitrogens with zero attached hydrogens (tertiary/aromatic N) is 2. The number of carbonyl (C=O) groups is 4. The van der Waals surface area contributed by atoms with Crippen LogP contribution in [0.2, 0.25) is 0 Å². The Morgan fingerprint density at radius 2 is 1.03 bits per heavy atom. The van der Waals surface area contributed by atoms with E-state index in [1.807, 2.05) is 81.4 Å². The number of hydrogen-bond donors (Lipinski definition) is 3. The third-order valence-corrected chi connectivity index (χ3v) is 11.2. The molecule has 0 saturated carbocycles. The average Bonchev–Trinajstić information content (AvgIpc) is 3.97. The second kappa shape index (κ2) is 19.4. The van der Waals surface area contributed by atoms with E-state index >= 15 is 0 Å². The summed E-state index contributed by atoms with van der Waals surface area (Å²) in [5, 5.41) is 16.0. The van der Waals surface area contributed by atoms with Gasteiger partial charge in [0.1, 0.15) is 25.3 Å². The van der Waals surface area contributed by atoms with Gasteiger partial charge in [-0.05, 0) is 71.2 Å². The van der Waals surface area contributed by atoms with Crippen LogP contribution in [0.15, 0.2) is 101 Å². The van der Waals surface area contributed by atoms with Crippen LogP contribution in [0.5, 0.6) is 0 Å². The number of Topliss-reactive ketones (excluding diaryl/α,β-unsaturated/α-hetero) is 1. The van der Waals surface area contributed by atoms with Gasteiger partial charge in [0.15, 0.2) is 5.78 Å². The van der Waals surface area contributed by atoms with Crippen LogP contribution in [-0.2, 0) is 19.1 Å². The summed E-state index contributed by atoms with van der Waals surface area (Å²) in [5.41, 5.74) is 9.33. The van der Waals surface area contributed by atoms with E-state index in [0.717, 1.165) is 35.1 Å². The van der Waals surface area contributed by atoms with Crippen molar-refractivity contribution in [3.8, 4) is 22.3 Å². The van der Waals surface area contributed by atoms with Crippen LogP contribution >= 0.6 is 0 Å². The van der Waals surface area contributed by atoms with Gasteiger partial charge in [0.2, 0.25) is 17.7 Å². The molecule has 5 aromatic rings. The van der Waals surface area contributed by atoms with Gasteiger partial charge in [0.25, 0.3) is 0 Å². The first-order chi connectivity index (χ1) is 28.5. The number of fused-ring (bicyclic) bond motifs is 6. The molecule has 0 unspecified atom stereocenters. The Bertz CT molecular complexity index is 2180. The molecule has 0 bridgehead atoms. The smallest absolute Gasteiger partial charge is 0.407 e. The summed E-state index contributed by atoms with van der Waals surface area (Å²) in [7, 11) is 0. The lowest BCUT2D eigenvalue weighted by atomic mass is 9.98. The van der Waals surface area contributed by atoms with Crippen LogP contribution in [-0.4, -0.2) is 59.9 Å². The van der Waals surface area contributed by atoms with E-state index in [-0.39, 0.29) is 49.2 Å². The second-order valence-corrected chi connectivity index (χ2v) is 15.2. The first-order valence-corrected chi connectivity index (χ1v) is 20.4. The summed E-state index contributed by atoms with van der Waals surface area (Å²) in [4.78, 5) is 48.6. The van der Waals surface area contributed by atoms with Crippen LogP contribution < -0.4 is 16.0 Å². The Hall–Kier alpha value is -6.30. The van der Waals surface area contributed by atoms with Crippen LogP contribution in [0.3, 0.4) is 0 Å². The van der Waals surface area contributed by atoms with Crippen molar-refractivity contribution in [2.45, 2.75) is 84.2 Å². The van der Waals surface area contributed by atoms with Crippen LogP contribution in [0.1, 0.15) is 112 Å². The number of hydrogen-bond acceptors (Lipinski definition) is 9. The van der Waals surface area contributed by atoms with Crippen molar-refractivity contribution in [3.63, 3.8) is 0 Å². The minimum Gasteiger partial charge on any atom is -0.449 e. The second-order valence-electron chi connectivity index (χ2n) is 15.2. The number of nitrogens with one attached hydrogen (secondary N) is 3. The molecule has 12 nitrogen and oxygen atoms in total. The molecule has 1 aromatic heterocycles. The summed E-state index contributed by atoms with van der Waals surface area (Å²) in [6, 6.07) is 31.5. The molecule has 12 heteroatoms. The van der Waals surface area contributed by atoms with Gasteiger partial charge in [-0.1, -0.05) is 125 Å². The van der Waals surface area contributed by atoms with E-state index in [1.54, 1.807) is 13.8 Å². The maximum atomic E-state index is 12.4. The first kappa shape index (κ1) is 42.3. The molecule has 59 heavy (non-hydrogen) atoms. The molecule has 2 aliphatic rings. The van der Waals surface area contributed by atoms with E-state index in [0.29, 0.717) is 11.8 Å². The van der Waals surface area contributed by atoms with Gasteiger partial charge in [-0.25, -0.2) is 9.59 Å². The molecule has 308 valence electrons. The summed E-state index contributed by atoms with van der Waals surface area (Å²) in [6.07, 6.45) is 0.480. The standard InChI is InChI=1S/C24H28N2O4.C23H25N3O3/c1-4-15(2)22(27)13-25-23(28)16(3)26-24(29)30-14-21-19-11-7-5-9-17(19)18-10-6-8-12-20(18)21;1-4-14(2)21-25-26-22(29-21)15(3)24-23(27)28-13-20-18-11-7-5-9-16(18)17-10-6-8-12-19(17)20/h5-12,15-16,21H,4,13-14H2,1-3H3,(H,25,28)(H,26,29);5-12,14-15,20H,4,13H2,1-3H3,(H,24,27)/t15-,16-;14-,15-/m00/s1. The van der Waals surface area contributed by atoms with E-state index < -0.39 is 30.2 Å². The molecule has 7 rings (SSSR count). The number of amides is 3. The van der Waals surface area contributed by atoms with Crippen molar-refractivity contribution in [2.75, 3.05) is 19.8 Å². The molecular weight excluding hydrogens is 747 g/mol. The minimum absolute atomic E-state index is 0.0285. The molecule has 0 aliphatic heterocycles. The van der Waals surface area contributed by atoms with Gasteiger partial charge < -0.3 is 29.8 Å². The number of ketones is 1. The molecule has 0 radical (unpaired) electrons. The highest BCUT2D eigenvalue weighted by Gasteiger charge is 2.31. The zero-order chi connectivity index (χ0) is 42.1. The highest BCUT2D eigenvalue weighted by Crippen LogP contribution is 2.45. The van der Waals surface area contributed by atoms with Crippen molar-refractivity contribution in [2.24, 2.45) is 5.92 Å². The lowest BCUT2D eigenvalue weighted by molar-refractivity contribution is -0.127. The Labute approximate surface area is 345 Å². The van der Waals surface area contributed by atoms with Crippen LogP contribution in [0.4, 0.5) is 9.59 Å². The van der Waals surface area contributed by atoms with E-state index in [9.17, 15) is 19.2 Å². The van der Waals surface area contributed by atoms with E-state index in [1.165, 1.54) is 22.3 Å². The monoisotopic (exact) mass is 799 g/mol. The fourth-order valence-electron chi connectivity index (χ4n) is 7.29. The highest BCUT2D eigenvalue weighted by atomic mass is 16.6. The molecule has 2 aliphatic carbocycles. The molecule has 0 spiro atoms. The number of ether oxygens (including phenoxy) is 2. The van der Waals surface area contributed by atoms with E-state index in [2.05, 4.69) is 69.5 Å². The number of benzene rings is 4. The van der Waals surface area contributed by atoms with Gasteiger partial charge >= 0.3 is 12.2 Å². The van der Waals surface area contributed by atoms with Gasteiger partial charge in [0.05, 0.1) is 6.54 Å². The Kier molecular flexibility index (Phi) is 13.9. The lowest BCUT2D eigenvalue weighted by Gasteiger charge is -2.17. The summed E-state index contributed by atoms with van der Waals surface area (Å²) < 4.78 is 16.7. The zero-order valence-electron chi connectivity index (χ0n) is 34.5. The molecule has 1 heterocycles.